The number of hydrogen-bond acceptors (Lipinski definition) is 4. The summed E-state index contributed by atoms with van der Waals surface area (Å²) in [5, 5.41) is 4.10. The van der Waals surface area contributed by atoms with Crippen LogP contribution in [0.15, 0.2) is 29.2 Å². The molecule has 0 aromatic heterocycles. The van der Waals surface area contributed by atoms with E-state index in [-0.39, 0.29) is 0 Å². The van der Waals surface area contributed by atoms with Gasteiger partial charge in [-0.3, -0.25) is 0 Å². The monoisotopic (exact) mass is 314 g/mol. The normalized spacial score (nSPS) is 23.2. The lowest BCUT2D eigenvalue weighted by Crippen LogP contribution is -2.25. The minimum atomic E-state index is -3.40. The molecule has 0 heterocycles. The molecule has 1 saturated carbocycles. The summed E-state index contributed by atoms with van der Waals surface area (Å²) in [4.78, 5) is 0.359. The molecule has 4 nitrogen and oxygen atoms in total. The zero-order valence-electron chi connectivity index (χ0n) is 12.2. The Labute approximate surface area is 126 Å². The van der Waals surface area contributed by atoms with Crippen molar-refractivity contribution in [3.63, 3.8) is 0 Å². The fraction of sp³-hybridized carbons (Fsp3) is 0.571. The molecule has 1 aromatic rings. The highest BCUT2D eigenvalue weighted by Crippen LogP contribution is 2.32. The average Bonchev–Trinajstić information content (AvgIpc) is 2.86. The zero-order chi connectivity index (χ0) is 14.8. The van der Waals surface area contributed by atoms with Gasteiger partial charge in [0.25, 0.3) is 0 Å². The van der Waals surface area contributed by atoms with Gasteiger partial charge in [0, 0.05) is 25.4 Å². The molecule has 1 aromatic carbocycles. The van der Waals surface area contributed by atoms with Crippen molar-refractivity contribution in [2.24, 2.45) is 0 Å². The van der Waals surface area contributed by atoms with Gasteiger partial charge in [0.1, 0.15) is 4.90 Å². The molecule has 0 spiro atoms. The Hall–Kier alpha value is -0.720. The van der Waals surface area contributed by atoms with E-state index in [9.17, 15) is 8.42 Å². The van der Waals surface area contributed by atoms with E-state index in [1.807, 2.05) is 23.9 Å². The number of nitrogens with zero attached hydrogens (tertiary/aromatic N) is 1. The van der Waals surface area contributed by atoms with Crippen molar-refractivity contribution in [1.29, 1.82) is 0 Å². The second-order valence-corrected chi connectivity index (χ2v) is 8.55. The number of hydrogen-bond donors (Lipinski definition) is 1. The molecule has 2 rings (SSSR count). The van der Waals surface area contributed by atoms with Gasteiger partial charge >= 0.3 is 0 Å². The van der Waals surface area contributed by atoms with Gasteiger partial charge in [0.05, 0.1) is 5.69 Å². The molecular weight excluding hydrogens is 292 g/mol. The van der Waals surface area contributed by atoms with Gasteiger partial charge in [-0.1, -0.05) is 12.1 Å². The van der Waals surface area contributed by atoms with Crippen LogP contribution in [0.1, 0.15) is 19.3 Å². The van der Waals surface area contributed by atoms with Gasteiger partial charge in [-0.25, -0.2) is 12.7 Å². The zero-order valence-corrected chi connectivity index (χ0v) is 13.8. The highest BCUT2D eigenvalue weighted by atomic mass is 32.2. The number of thioether (sulfide) groups is 1. The molecule has 0 saturated heterocycles. The molecule has 6 heteroatoms. The van der Waals surface area contributed by atoms with Gasteiger partial charge in [-0.05, 0) is 37.7 Å². The molecular formula is C14H22N2O2S2. The van der Waals surface area contributed by atoms with Gasteiger partial charge < -0.3 is 5.32 Å². The maximum absolute atomic E-state index is 12.3. The second-order valence-electron chi connectivity index (χ2n) is 5.30. The van der Waals surface area contributed by atoms with Crippen LogP contribution in [0.3, 0.4) is 0 Å². The predicted molar refractivity (Wildman–Crippen MR) is 85.9 cm³/mol. The van der Waals surface area contributed by atoms with Crippen molar-refractivity contribution < 1.29 is 8.42 Å². The number of benzene rings is 1. The minimum absolute atomic E-state index is 0.359. The first kappa shape index (κ1) is 15.7. The topological polar surface area (TPSA) is 49.4 Å². The number of para-hydroxylation sites is 1. The summed E-state index contributed by atoms with van der Waals surface area (Å²) in [5.74, 6) is 0. The van der Waals surface area contributed by atoms with Crippen LogP contribution in [-0.2, 0) is 10.0 Å². The molecule has 0 radical (unpaired) electrons. The van der Waals surface area contributed by atoms with Gasteiger partial charge in [0.2, 0.25) is 10.0 Å². The summed E-state index contributed by atoms with van der Waals surface area (Å²) in [7, 11) is -0.281. The summed E-state index contributed by atoms with van der Waals surface area (Å²) in [6, 6.07) is 7.52. The quantitative estimate of drug-likeness (QED) is 0.908. The smallest absolute Gasteiger partial charge is 0.244 e. The molecule has 1 fully saturated rings. The van der Waals surface area contributed by atoms with Crippen molar-refractivity contribution in [2.45, 2.75) is 35.4 Å². The van der Waals surface area contributed by atoms with E-state index in [4.69, 9.17) is 0 Å². The Morgan fingerprint density at radius 2 is 1.95 bits per heavy atom. The van der Waals surface area contributed by atoms with Crippen LogP contribution in [0.25, 0.3) is 0 Å². The summed E-state index contributed by atoms with van der Waals surface area (Å²) in [6.07, 6.45) is 5.53. The first-order chi connectivity index (χ1) is 9.45. The first-order valence-electron chi connectivity index (χ1n) is 6.76. The van der Waals surface area contributed by atoms with Crippen LogP contribution in [0.4, 0.5) is 5.69 Å². The third-order valence-corrected chi connectivity index (χ3v) is 6.69. The van der Waals surface area contributed by atoms with E-state index in [1.165, 1.54) is 10.7 Å². The second kappa shape index (κ2) is 6.37. The Balaban J connectivity index is 2.21. The first-order valence-corrected chi connectivity index (χ1v) is 9.49. The lowest BCUT2D eigenvalue weighted by Gasteiger charge is -2.19. The molecule has 0 amide bonds. The Morgan fingerprint density at radius 1 is 1.25 bits per heavy atom. The predicted octanol–water partition coefficient (Wildman–Crippen LogP) is 2.63. The molecule has 1 aliphatic rings. The number of sulfonamides is 1. The SMILES string of the molecule is CSC1CCC(Nc2ccccc2S(=O)(=O)N(C)C)C1. The number of anilines is 1. The Morgan fingerprint density at radius 3 is 2.55 bits per heavy atom. The summed E-state index contributed by atoms with van der Waals surface area (Å²) >= 11 is 1.89. The fourth-order valence-corrected chi connectivity index (χ4v) is 4.36. The van der Waals surface area contributed by atoms with E-state index in [0.717, 1.165) is 12.8 Å². The van der Waals surface area contributed by atoms with E-state index in [2.05, 4.69) is 11.6 Å². The average molecular weight is 314 g/mol. The minimum Gasteiger partial charge on any atom is -0.381 e. The third-order valence-electron chi connectivity index (χ3n) is 3.72. The van der Waals surface area contributed by atoms with Crippen LogP contribution in [0.5, 0.6) is 0 Å². The van der Waals surface area contributed by atoms with Crippen molar-refractivity contribution in [3.8, 4) is 0 Å². The van der Waals surface area contributed by atoms with Crippen LogP contribution >= 0.6 is 11.8 Å². The largest absolute Gasteiger partial charge is 0.381 e. The highest BCUT2D eigenvalue weighted by molar-refractivity contribution is 7.99. The molecule has 112 valence electrons. The van der Waals surface area contributed by atoms with Crippen molar-refractivity contribution in [1.82, 2.24) is 4.31 Å². The Bertz CT molecular complexity index is 558. The van der Waals surface area contributed by atoms with E-state index < -0.39 is 10.0 Å². The molecule has 2 unspecified atom stereocenters. The lowest BCUT2D eigenvalue weighted by molar-refractivity contribution is 0.521. The molecule has 2 atom stereocenters. The van der Waals surface area contributed by atoms with Crippen LogP contribution in [0, 0.1) is 0 Å². The highest BCUT2D eigenvalue weighted by Gasteiger charge is 2.26. The summed E-state index contributed by atoms with van der Waals surface area (Å²) in [6.45, 7) is 0. The van der Waals surface area contributed by atoms with Crippen molar-refractivity contribution in [3.05, 3.63) is 24.3 Å². The van der Waals surface area contributed by atoms with E-state index >= 15 is 0 Å². The fourth-order valence-electron chi connectivity index (χ4n) is 2.51. The maximum atomic E-state index is 12.3. The number of nitrogens with one attached hydrogen (secondary N) is 1. The van der Waals surface area contributed by atoms with E-state index in [0.29, 0.717) is 21.9 Å². The van der Waals surface area contributed by atoms with Gasteiger partial charge in [-0.2, -0.15) is 11.8 Å². The standard InChI is InChI=1S/C14H22N2O2S2/c1-16(2)20(17,18)14-7-5-4-6-13(14)15-11-8-9-12(10-11)19-3/h4-7,11-12,15H,8-10H2,1-3H3. The molecule has 1 aliphatic carbocycles. The Kier molecular flexibility index (Phi) is 4.99. The maximum Gasteiger partial charge on any atom is 0.244 e. The summed E-state index contributed by atoms with van der Waals surface area (Å²) in [5.41, 5.74) is 0.716. The molecule has 0 aliphatic heterocycles. The van der Waals surface area contributed by atoms with Crippen molar-refractivity contribution in [2.75, 3.05) is 25.7 Å². The van der Waals surface area contributed by atoms with Gasteiger partial charge in [-0.15, -0.1) is 0 Å². The van der Waals surface area contributed by atoms with E-state index in [1.54, 1.807) is 26.2 Å². The van der Waals surface area contributed by atoms with Crippen LogP contribution < -0.4 is 5.32 Å². The molecule has 20 heavy (non-hydrogen) atoms. The molecule has 0 bridgehead atoms. The third kappa shape index (κ3) is 3.30. The van der Waals surface area contributed by atoms with Gasteiger partial charge in [0.15, 0.2) is 0 Å². The number of rotatable bonds is 5. The van der Waals surface area contributed by atoms with Crippen LogP contribution in [-0.4, -0.2) is 44.4 Å². The lowest BCUT2D eigenvalue weighted by atomic mass is 10.2. The molecule has 1 N–H and O–H groups in total. The van der Waals surface area contributed by atoms with Crippen LogP contribution in [0.2, 0.25) is 0 Å². The summed E-state index contributed by atoms with van der Waals surface area (Å²) < 4.78 is 25.9. The van der Waals surface area contributed by atoms with Crippen molar-refractivity contribution >= 4 is 27.5 Å².